The number of nitrogens with zero attached hydrogens (tertiary/aromatic N) is 2. The van der Waals surface area contributed by atoms with Crippen LogP contribution in [0.25, 0.3) is 11.1 Å². The predicted molar refractivity (Wildman–Crippen MR) is 372 cm³/mol. The molecule has 0 N–H and O–H groups in total. The molecule has 1 heterocycles. The van der Waals surface area contributed by atoms with Crippen LogP contribution in [0, 0.1) is 27.7 Å². The molecule has 0 atom stereocenters. The van der Waals surface area contributed by atoms with E-state index in [4.69, 9.17) is 51.1 Å². The van der Waals surface area contributed by atoms with Crippen LogP contribution >= 0.6 is 46.4 Å². The number of unbranched alkanes of at least 4 members (excludes halogenated alkanes) is 4. The number of halogens is 4. The highest BCUT2D eigenvalue weighted by Gasteiger charge is 2.55. The monoisotopic (exact) mass is 1230 g/mol. The maximum atomic E-state index is 15.5. The van der Waals surface area contributed by atoms with Crippen molar-refractivity contribution < 1.29 is 9.53 Å². The number of aryl methyl sites for hydroxylation is 8. The zero-order valence-corrected chi connectivity index (χ0v) is 56.1. The molecule has 0 saturated carbocycles. The van der Waals surface area contributed by atoms with Gasteiger partial charge in [0.1, 0.15) is 0 Å². The molecule has 0 radical (unpaired) electrons. The largest absolute Gasteiger partial charge is 0.441 e. The van der Waals surface area contributed by atoms with Gasteiger partial charge in [-0.25, -0.2) is 4.79 Å². The predicted octanol–water partition coefficient (Wildman–Crippen LogP) is 22.9. The number of carbonyl (C=O) groups is 1. The maximum absolute atomic E-state index is 15.5. The second-order valence-corrected chi connectivity index (χ2v) is 25.3. The van der Waals surface area contributed by atoms with Crippen LogP contribution in [0.4, 0.5) is 11.4 Å². The Balaban J connectivity index is 1.44. The Hall–Kier alpha value is -5.75. The van der Waals surface area contributed by atoms with E-state index in [0.29, 0.717) is 18.4 Å². The molecule has 86 heavy (non-hydrogen) atoms. The quantitative estimate of drug-likeness (QED) is 0.0255. The van der Waals surface area contributed by atoms with Gasteiger partial charge in [-0.3, -0.25) is 0 Å². The standard InChI is InChI=1S/C78H92Cl4N2O2/c1-11-17-47-83(48-18-12-2)67-45-43-63(51-55(67)9)69(61-39-35-57(36-40-61)29-25-33-59-31-23-21-27-53(59)7)65(15-5)78(72-71(77(85)86-78)73(79)75(81)76(82)74(72)80)66(16-6)70(64-44-46-68(56(10)52-64)84(49-19-13-3)50-20-14-4)62-41-37-58(38-42-62)30-26-34-60-32-24-22-28-54(60)8/h21-24,27-28,31-32,35-46,51-52H,11-20,25-26,29-30,33-34,47-50H2,1-10H3. The summed E-state index contributed by atoms with van der Waals surface area (Å²) in [5, 5.41) is 0.279. The molecule has 0 spiro atoms. The Labute approximate surface area is 537 Å². The number of anilines is 2. The van der Waals surface area contributed by atoms with Gasteiger partial charge in [-0.1, -0.05) is 223 Å². The highest BCUT2D eigenvalue weighted by Crippen LogP contribution is 2.60. The molecule has 8 heteroatoms. The van der Waals surface area contributed by atoms with Gasteiger partial charge in [-0.2, -0.15) is 0 Å². The van der Waals surface area contributed by atoms with Crippen LogP contribution in [-0.2, 0) is 36.0 Å². The summed E-state index contributed by atoms with van der Waals surface area (Å²) >= 11 is 29.4. The number of cyclic esters (lactones) is 1. The van der Waals surface area contributed by atoms with E-state index in [-0.39, 0.29) is 25.7 Å². The van der Waals surface area contributed by atoms with E-state index >= 15 is 4.79 Å². The van der Waals surface area contributed by atoms with Crippen LogP contribution in [0.2, 0.25) is 20.1 Å². The summed E-state index contributed by atoms with van der Waals surface area (Å²) in [7, 11) is 0. The van der Waals surface area contributed by atoms with E-state index in [2.05, 4.69) is 212 Å². The number of esters is 1. The average molecular weight is 1230 g/mol. The number of hydrogen-bond acceptors (Lipinski definition) is 4. The summed E-state index contributed by atoms with van der Waals surface area (Å²) in [6, 6.07) is 49.4. The topological polar surface area (TPSA) is 32.8 Å². The Morgan fingerprint density at radius 2 is 0.791 bits per heavy atom. The molecule has 1 aliphatic rings. The normalized spacial score (nSPS) is 14.5. The van der Waals surface area contributed by atoms with Gasteiger partial charge >= 0.3 is 5.97 Å². The molecule has 7 aromatic carbocycles. The first-order chi connectivity index (χ1) is 41.6. The Morgan fingerprint density at radius 3 is 1.15 bits per heavy atom. The van der Waals surface area contributed by atoms with E-state index in [1.54, 1.807) is 0 Å². The van der Waals surface area contributed by atoms with Crippen molar-refractivity contribution in [3.05, 3.63) is 243 Å². The first-order valence-electron chi connectivity index (χ1n) is 32.2. The molecule has 454 valence electrons. The number of hydrogen-bond donors (Lipinski definition) is 0. The Kier molecular flexibility index (Phi) is 24.2. The number of ether oxygens (including phenoxy) is 1. The fourth-order valence-electron chi connectivity index (χ4n) is 13.1. The van der Waals surface area contributed by atoms with Gasteiger partial charge in [0.25, 0.3) is 0 Å². The van der Waals surface area contributed by atoms with E-state index in [9.17, 15) is 0 Å². The van der Waals surface area contributed by atoms with Crippen molar-refractivity contribution in [1.82, 2.24) is 0 Å². The highest BCUT2D eigenvalue weighted by atomic mass is 35.5. The molecule has 0 aliphatic carbocycles. The van der Waals surface area contributed by atoms with E-state index in [1.807, 2.05) is 0 Å². The lowest BCUT2D eigenvalue weighted by atomic mass is 9.70. The maximum Gasteiger partial charge on any atom is 0.341 e. The van der Waals surface area contributed by atoms with E-state index in [1.165, 1.54) is 55.9 Å². The fourth-order valence-corrected chi connectivity index (χ4v) is 14.2. The minimum Gasteiger partial charge on any atom is -0.441 e. The van der Waals surface area contributed by atoms with Crippen molar-refractivity contribution in [2.24, 2.45) is 0 Å². The minimum atomic E-state index is -1.63. The van der Waals surface area contributed by atoms with Gasteiger partial charge in [-0.05, 0) is 218 Å². The summed E-state index contributed by atoms with van der Waals surface area (Å²) < 4.78 is 7.41. The van der Waals surface area contributed by atoms with Gasteiger partial charge in [0.15, 0.2) is 5.60 Å². The Morgan fingerprint density at radius 1 is 0.419 bits per heavy atom. The van der Waals surface area contributed by atoms with E-state index < -0.39 is 11.6 Å². The minimum absolute atomic E-state index is 0.0224. The molecule has 0 fully saturated rings. The molecule has 1 aliphatic heterocycles. The third kappa shape index (κ3) is 14.9. The summed E-state index contributed by atoms with van der Waals surface area (Å²) in [6.45, 7) is 26.2. The van der Waals surface area contributed by atoms with Crippen LogP contribution in [-0.4, -0.2) is 32.1 Å². The molecule has 0 saturated heterocycles. The number of rotatable bonds is 30. The average Bonchev–Trinajstić information content (AvgIpc) is 1.50. The van der Waals surface area contributed by atoms with Crippen LogP contribution in [0.1, 0.15) is 201 Å². The molecule has 0 unspecified atom stereocenters. The van der Waals surface area contributed by atoms with Gasteiger partial charge in [0.2, 0.25) is 0 Å². The van der Waals surface area contributed by atoms with Crippen LogP contribution in [0.5, 0.6) is 0 Å². The van der Waals surface area contributed by atoms with Crippen molar-refractivity contribution >= 4 is 74.9 Å². The van der Waals surface area contributed by atoms with Crippen molar-refractivity contribution in [2.45, 2.75) is 178 Å². The van der Waals surface area contributed by atoms with Crippen LogP contribution in [0.3, 0.4) is 0 Å². The highest BCUT2D eigenvalue weighted by molar-refractivity contribution is 6.53. The number of carbonyl (C=O) groups excluding carboxylic acids is 1. The lowest BCUT2D eigenvalue weighted by molar-refractivity contribution is 0.0213. The molecular formula is C78H92Cl4N2O2. The first-order valence-corrected chi connectivity index (χ1v) is 33.7. The molecular weight excluding hydrogens is 1140 g/mol. The SMILES string of the molecule is CCCCN(CCCC)c1ccc(C(=C(CC)C2(C(CC)=C(c3ccc(CCCc4ccccc4C)cc3)c3ccc(N(CCCC)CCCC)c(C)c3)OC(=O)c3c(Cl)c(Cl)c(Cl)c(Cl)c32)c2ccc(CCCc3ccccc3C)cc2)cc1C. The second kappa shape index (κ2) is 31.4. The number of fused-ring (bicyclic) bond motifs is 1. The lowest BCUT2D eigenvalue weighted by Gasteiger charge is -2.38. The van der Waals surface area contributed by atoms with Crippen molar-refractivity contribution in [3.8, 4) is 0 Å². The summed E-state index contributed by atoms with van der Waals surface area (Å²) in [5.41, 5.74) is 19.4. The molecule has 7 aromatic rings. The van der Waals surface area contributed by atoms with Gasteiger partial charge in [-0.15, -0.1) is 0 Å². The Bertz CT molecular complexity index is 3300. The second-order valence-electron chi connectivity index (χ2n) is 23.8. The summed E-state index contributed by atoms with van der Waals surface area (Å²) in [4.78, 5) is 20.6. The fraction of sp³-hybridized carbons (Fsp3) is 0.397. The zero-order chi connectivity index (χ0) is 61.5. The molecule has 0 amide bonds. The van der Waals surface area contributed by atoms with Gasteiger partial charge in [0.05, 0.1) is 25.7 Å². The zero-order valence-electron chi connectivity index (χ0n) is 53.1. The van der Waals surface area contributed by atoms with Gasteiger partial charge < -0.3 is 14.5 Å². The third-order valence-corrected chi connectivity index (χ3v) is 19.6. The van der Waals surface area contributed by atoms with Crippen molar-refractivity contribution in [2.75, 3.05) is 36.0 Å². The summed E-state index contributed by atoms with van der Waals surface area (Å²) in [5.74, 6) is -0.600. The third-order valence-electron chi connectivity index (χ3n) is 17.8. The van der Waals surface area contributed by atoms with Crippen LogP contribution in [0.15, 0.2) is 145 Å². The lowest BCUT2D eigenvalue weighted by Crippen LogP contribution is -2.34. The molecule has 0 bridgehead atoms. The number of benzene rings is 7. The molecule has 4 nitrogen and oxygen atoms in total. The van der Waals surface area contributed by atoms with Gasteiger partial charge in [0, 0.05) is 43.1 Å². The van der Waals surface area contributed by atoms with Crippen molar-refractivity contribution in [3.63, 3.8) is 0 Å². The first kappa shape index (κ1) is 66.2. The molecule has 0 aromatic heterocycles. The van der Waals surface area contributed by atoms with E-state index in [0.717, 1.165) is 161 Å². The summed E-state index contributed by atoms with van der Waals surface area (Å²) in [6.07, 6.45) is 15.8. The smallest absolute Gasteiger partial charge is 0.341 e. The molecule has 8 rings (SSSR count). The van der Waals surface area contributed by atoms with Crippen LogP contribution < -0.4 is 9.80 Å². The van der Waals surface area contributed by atoms with Crippen molar-refractivity contribution in [1.29, 1.82) is 0 Å².